The summed E-state index contributed by atoms with van der Waals surface area (Å²) in [7, 11) is 0. The predicted octanol–water partition coefficient (Wildman–Crippen LogP) is 0.631. The number of ketones is 1. The van der Waals surface area contributed by atoms with Gasteiger partial charge in [0, 0.05) is 17.3 Å². The highest BCUT2D eigenvalue weighted by molar-refractivity contribution is 5.85. The van der Waals surface area contributed by atoms with Gasteiger partial charge in [0.25, 0.3) is 0 Å². The van der Waals surface area contributed by atoms with Crippen molar-refractivity contribution in [3.05, 3.63) is 10.1 Å². The summed E-state index contributed by atoms with van der Waals surface area (Å²) in [6.07, 6.45) is 2.29. The van der Waals surface area contributed by atoms with Crippen molar-refractivity contribution in [2.75, 3.05) is 0 Å². The van der Waals surface area contributed by atoms with Gasteiger partial charge in [0.2, 0.25) is 6.04 Å². The first-order valence-corrected chi connectivity index (χ1v) is 3.88. The monoisotopic (exact) mass is 155 g/mol. The van der Waals surface area contributed by atoms with E-state index in [0.29, 0.717) is 6.42 Å². The quantitative estimate of drug-likeness (QED) is 0.412. The van der Waals surface area contributed by atoms with Crippen LogP contribution in [0, 0.1) is 22.0 Å². The zero-order valence-corrected chi connectivity index (χ0v) is 6.03. The van der Waals surface area contributed by atoms with Crippen molar-refractivity contribution in [2.45, 2.75) is 25.3 Å². The van der Waals surface area contributed by atoms with Crippen LogP contribution in [0.15, 0.2) is 0 Å². The van der Waals surface area contributed by atoms with Crippen molar-refractivity contribution in [3.63, 3.8) is 0 Å². The molecular formula is C7H9NO3. The number of nitrogens with zero attached hydrogens (tertiary/aromatic N) is 1. The average molecular weight is 155 g/mol. The summed E-state index contributed by atoms with van der Waals surface area (Å²) in [6, 6.07) is -0.523. The van der Waals surface area contributed by atoms with Gasteiger partial charge < -0.3 is 0 Å². The predicted molar refractivity (Wildman–Crippen MR) is 36.6 cm³/mol. The molecule has 0 unspecified atom stereocenters. The Morgan fingerprint density at radius 2 is 2.27 bits per heavy atom. The molecule has 0 heterocycles. The van der Waals surface area contributed by atoms with E-state index in [1.807, 2.05) is 0 Å². The zero-order valence-electron chi connectivity index (χ0n) is 6.03. The minimum atomic E-state index is -0.523. The standard InChI is InChI=1S/C7H9NO3/c9-5-3-1-2-4-6(5)7(4)8(10)11/h4,6-7H,1-3H2/t4-,6+,7-/m0/s1. The molecule has 11 heavy (non-hydrogen) atoms. The zero-order chi connectivity index (χ0) is 8.01. The highest BCUT2D eigenvalue weighted by atomic mass is 16.6. The lowest BCUT2D eigenvalue weighted by molar-refractivity contribution is -0.500. The number of carbonyl (C=O) groups excluding carboxylic acids is 1. The number of hydrogen-bond donors (Lipinski definition) is 0. The van der Waals surface area contributed by atoms with E-state index < -0.39 is 6.04 Å². The Bertz CT molecular complexity index is 222. The van der Waals surface area contributed by atoms with Gasteiger partial charge in [-0.05, 0) is 12.8 Å². The molecule has 0 aromatic rings. The lowest BCUT2D eigenvalue weighted by atomic mass is 10.00. The van der Waals surface area contributed by atoms with Crippen LogP contribution in [-0.4, -0.2) is 16.7 Å². The molecule has 0 aliphatic heterocycles. The van der Waals surface area contributed by atoms with E-state index in [1.165, 1.54) is 0 Å². The molecule has 0 N–H and O–H groups in total. The normalized spacial score (nSPS) is 41.5. The van der Waals surface area contributed by atoms with Crippen LogP contribution < -0.4 is 0 Å². The van der Waals surface area contributed by atoms with Crippen LogP contribution in [0.25, 0.3) is 0 Å². The van der Waals surface area contributed by atoms with Gasteiger partial charge in [-0.25, -0.2) is 0 Å². The number of rotatable bonds is 1. The van der Waals surface area contributed by atoms with Gasteiger partial charge in [0.1, 0.15) is 5.78 Å². The third kappa shape index (κ3) is 0.852. The molecule has 0 saturated heterocycles. The fourth-order valence-electron chi connectivity index (χ4n) is 2.10. The van der Waals surface area contributed by atoms with Gasteiger partial charge >= 0.3 is 0 Å². The molecule has 3 atom stereocenters. The first kappa shape index (κ1) is 6.76. The summed E-state index contributed by atoms with van der Waals surface area (Å²) in [5.74, 6) is -0.00653. The summed E-state index contributed by atoms with van der Waals surface area (Å²) in [5.41, 5.74) is 0. The van der Waals surface area contributed by atoms with E-state index in [1.54, 1.807) is 0 Å². The van der Waals surface area contributed by atoms with Gasteiger partial charge in [-0.2, -0.15) is 0 Å². The molecule has 2 aliphatic carbocycles. The minimum Gasteiger partial charge on any atom is -0.299 e. The van der Waals surface area contributed by atoms with Gasteiger partial charge in [-0.1, -0.05) is 0 Å². The molecule has 0 aromatic carbocycles. The number of carbonyl (C=O) groups is 1. The number of Topliss-reactive ketones (excluding diaryl/α,β-unsaturated/α-hetero) is 1. The van der Waals surface area contributed by atoms with Gasteiger partial charge in [0.15, 0.2) is 0 Å². The second kappa shape index (κ2) is 2.03. The summed E-state index contributed by atoms with van der Waals surface area (Å²) in [5, 5.41) is 10.3. The summed E-state index contributed by atoms with van der Waals surface area (Å²) >= 11 is 0. The highest BCUT2D eigenvalue weighted by Crippen LogP contribution is 2.49. The van der Waals surface area contributed by atoms with Crippen LogP contribution in [-0.2, 0) is 4.79 Å². The maximum absolute atomic E-state index is 11.0. The molecule has 0 radical (unpaired) electrons. The smallest absolute Gasteiger partial charge is 0.227 e. The molecule has 2 aliphatic rings. The summed E-state index contributed by atoms with van der Waals surface area (Å²) in [6.45, 7) is 0. The Morgan fingerprint density at radius 1 is 1.55 bits per heavy atom. The lowest BCUT2D eigenvalue weighted by Gasteiger charge is -2.02. The molecule has 0 amide bonds. The molecule has 60 valence electrons. The van der Waals surface area contributed by atoms with E-state index in [4.69, 9.17) is 0 Å². The largest absolute Gasteiger partial charge is 0.299 e. The van der Waals surface area contributed by atoms with Crippen LogP contribution in [0.4, 0.5) is 0 Å². The summed E-state index contributed by atoms with van der Waals surface area (Å²) < 4.78 is 0. The van der Waals surface area contributed by atoms with E-state index in [0.717, 1.165) is 12.8 Å². The molecular weight excluding hydrogens is 146 g/mol. The van der Waals surface area contributed by atoms with Crippen molar-refractivity contribution in [1.82, 2.24) is 0 Å². The fourth-order valence-corrected chi connectivity index (χ4v) is 2.10. The second-order valence-electron chi connectivity index (χ2n) is 3.32. The molecule has 4 heteroatoms. The Kier molecular flexibility index (Phi) is 1.25. The van der Waals surface area contributed by atoms with Crippen LogP contribution in [0.1, 0.15) is 19.3 Å². The topological polar surface area (TPSA) is 60.2 Å². The first-order valence-electron chi connectivity index (χ1n) is 3.88. The fraction of sp³-hybridized carbons (Fsp3) is 0.857. The third-order valence-electron chi connectivity index (χ3n) is 2.70. The lowest BCUT2D eigenvalue weighted by Crippen LogP contribution is -2.10. The number of nitro groups is 1. The van der Waals surface area contributed by atoms with Gasteiger partial charge in [-0.15, -0.1) is 0 Å². The first-order chi connectivity index (χ1) is 5.22. The second-order valence-corrected chi connectivity index (χ2v) is 3.32. The maximum atomic E-state index is 11.0. The van der Waals surface area contributed by atoms with Gasteiger partial charge in [0.05, 0.1) is 5.92 Å². The van der Waals surface area contributed by atoms with Crippen molar-refractivity contribution >= 4 is 5.78 Å². The Balaban J connectivity index is 2.10. The Morgan fingerprint density at radius 3 is 2.82 bits per heavy atom. The molecule has 2 saturated carbocycles. The number of fused-ring (bicyclic) bond motifs is 1. The molecule has 2 fully saturated rings. The molecule has 0 bridgehead atoms. The summed E-state index contributed by atoms with van der Waals surface area (Å²) in [4.78, 5) is 21.1. The van der Waals surface area contributed by atoms with Crippen molar-refractivity contribution in [1.29, 1.82) is 0 Å². The SMILES string of the molecule is O=C1CCC[C@H]2[C@H]1[C@H]2[N+](=O)[O-]. The molecule has 0 aromatic heterocycles. The van der Waals surface area contributed by atoms with Crippen LogP contribution in [0.2, 0.25) is 0 Å². The van der Waals surface area contributed by atoms with Crippen LogP contribution in [0.5, 0.6) is 0 Å². The third-order valence-corrected chi connectivity index (χ3v) is 2.70. The van der Waals surface area contributed by atoms with E-state index in [9.17, 15) is 14.9 Å². The Hall–Kier alpha value is -0.930. The molecule has 2 rings (SSSR count). The Labute approximate surface area is 63.7 Å². The molecule has 0 spiro atoms. The van der Waals surface area contributed by atoms with E-state index >= 15 is 0 Å². The van der Waals surface area contributed by atoms with Crippen LogP contribution in [0.3, 0.4) is 0 Å². The van der Waals surface area contributed by atoms with E-state index in [2.05, 4.69) is 0 Å². The van der Waals surface area contributed by atoms with Crippen molar-refractivity contribution in [3.8, 4) is 0 Å². The minimum absolute atomic E-state index is 0.0891. The number of hydrogen-bond acceptors (Lipinski definition) is 3. The maximum Gasteiger partial charge on any atom is 0.227 e. The van der Waals surface area contributed by atoms with E-state index in [-0.39, 0.29) is 22.5 Å². The van der Waals surface area contributed by atoms with Gasteiger partial charge in [-0.3, -0.25) is 14.9 Å². The van der Waals surface area contributed by atoms with Crippen molar-refractivity contribution in [2.24, 2.45) is 11.8 Å². The van der Waals surface area contributed by atoms with Crippen LogP contribution >= 0.6 is 0 Å². The molecule has 4 nitrogen and oxygen atoms in total. The average Bonchev–Trinajstić information content (AvgIpc) is 2.62. The highest BCUT2D eigenvalue weighted by Gasteiger charge is 2.64. The van der Waals surface area contributed by atoms with Crippen molar-refractivity contribution < 1.29 is 9.72 Å².